The summed E-state index contributed by atoms with van der Waals surface area (Å²) < 4.78 is 38.1. The number of anilines is 2. The van der Waals surface area contributed by atoms with Crippen LogP contribution in [0, 0.1) is 0 Å². The highest BCUT2D eigenvalue weighted by Gasteiger charge is 2.19. The maximum absolute atomic E-state index is 12.6. The Morgan fingerprint density at radius 3 is 2.42 bits per heavy atom. The number of nitrogens with one attached hydrogen (secondary N) is 2. The first-order chi connectivity index (χ1) is 14.8. The number of para-hydroxylation sites is 1. The summed E-state index contributed by atoms with van der Waals surface area (Å²) in [6.45, 7) is 1.58. The lowest BCUT2D eigenvalue weighted by Crippen LogP contribution is -2.30. The lowest BCUT2D eigenvalue weighted by Gasteiger charge is -2.16. The van der Waals surface area contributed by atoms with Crippen LogP contribution >= 0.6 is 11.6 Å². The molecule has 0 fully saturated rings. The van der Waals surface area contributed by atoms with Crippen LogP contribution in [-0.4, -0.2) is 37.5 Å². The molecule has 0 saturated carbocycles. The number of amides is 1. The first-order valence-corrected chi connectivity index (χ1v) is 10.9. The largest absolute Gasteiger partial charge is 0.479 e. The summed E-state index contributed by atoms with van der Waals surface area (Å²) in [7, 11) is -2.58. The molecule has 0 spiro atoms. The van der Waals surface area contributed by atoms with E-state index in [1.807, 2.05) is 0 Å². The minimum absolute atomic E-state index is 0.0291. The fraction of sp³-hybridized carbons (Fsp3) is 0.150. The number of rotatable bonds is 8. The Morgan fingerprint density at radius 2 is 1.74 bits per heavy atom. The molecule has 162 valence electrons. The zero-order valence-corrected chi connectivity index (χ0v) is 18.1. The molecule has 31 heavy (non-hydrogen) atoms. The van der Waals surface area contributed by atoms with Crippen molar-refractivity contribution in [3.05, 3.63) is 65.9 Å². The van der Waals surface area contributed by atoms with Crippen LogP contribution in [0.4, 0.5) is 11.5 Å². The van der Waals surface area contributed by atoms with Crippen molar-refractivity contribution in [2.75, 3.05) is 17.1 Å². The first kappa shape index (κ1) is 22.3. The van der Waals surface area contributed by atoms with Crippen LogP contribution in [0.15, 0.2) is 65.8 Å². The van der Waals surface area contributed by atoms with Crippen LogP contribution in [0.3, 0.4) is 0 Å². The van der Waals surface area contributed by atoms with E-state index in [-0.39, 0.29) is 16.6 Å². The number of carbonyl (C=O) groups excluding carboxylic acids is 1. The molecule has 1 unspecified atom stereocenters. The molecule has 0 bridgehead atoms. The SMILES string of the molecule is COc1nccnc1NS(=O)(=O)c1ccc(NC(=O)C(C)Oc2ccccc2Cl)cc1. The molecule has 1 heterocycles. The van der Waals surface area contributed by atoms with Crippen LogP contribution < -0.4 is 19.5 Å². The van der Waals surface area contributed by atoms with E-state index in [4.69, 9.17) is 21.1 Å². The van der Waals surface area contributed by atoms with Gasteiger partial charge >= 0.3 is 0 Å². The monoisotopic (exact) mass is 462 g/mol. The van der Waals surface area contributed by atoms with E-state index in [1.54, 1.807) is 31.2 Å². The summed E-state index contributed by atoms with van der Waals surface area (Å²) in [6.07, 6.45) is 1.89. The highest BCUT2D eigenvalue weighted by atomic mass is 35.5. The van der Waals surface area contributed by atoms with E-state index in [1.165, 1.54) is 43.8 Å². The Hall–Kier alpha value is -3.37. The molecular weight excluding hydrogens is 444 g/mol. The van der Waals surface area contributed by atoms with Crippen molar-refractivity contribution in [3.8, 4) is 11.6 Å². The number of benzene rings is 2. The summed E-state index contributed by atoms with van der Waals surface area (Å²) in [5.74, 6) is -0.0212. The molecule has 0 radical (unpaired) electrons. The van der Waals surface area contributed by atoms with Gasteiger partial charge in [0.2, 0.25) is 5.82 Å². The molecule has 3 rings (SSSR count). The minimum Gasteiger partial charge on any atom is -0.479 e. The summed E-state index contributed by atoms with van der Waals surface area (Å²) in [4.78, 5) is 20.2. The molecular formula is C20H19ClN4O5S. The Balaban J connectivity index is 1.66. The van der Waals surface area contributed by atoms with Gasteiger partial charge in [0.15, 0.2) is 6.10 Å². The number of halogens is 1. The van der Waals surface area contributed by atoms with E-state index in [2.05, 4.69) is 20.0 Å². The molecule has 1 atom stereocenters. The second-order valence-corrected chi connectivity index (χ2v) is 8.31. The minimum atomic E-state index is -3.94. The Morgan fingerprint density at radius 1 is 1.06 bits per heavy atom. The third-order valence-corrected chi connectivity index (χ3v) is 5.70. The number of hydrogen-bond donors (Lipinski definition) is 2. The van der Waals surface area contributed by atoms with E-state index < -0.39 is 22.0 Å². The van der Waals surface area contributed by atoms with Gasteiger partial charge in [-0.25, -0.2) is 18.4 Å². The van der Waals surface area contributed by atoms with Crippen LogP contribution in [0.25, 0.3) is 0 Å². The average Bonchev–Trinajstić information content (AvgIpc) is 2.76. The lowest BCUT2D eigenvalue weighted by molar-refractivity contribution is -0.122. The van der Waals surface area contributed by atoms with E-state index in [9.17, 15) is 13.2 Å². The number of aromatic nitrogens is 2. The zero-order chi connectivity index (χ0) is 22.4. The molecule has 0 aliphatic heterocycles. The maximum Gasteiger partial charge on any atom is 0.265 e. The first-order valence-electron chi connectivity index (χ1n) is 9.00. The number of nitrogens with zero attached hydrogens (tertiary/aromatic N) is 2. The molecule has 9 nitrogen and oxygen atoms in total. The summed E-state index contributed by atoms with van der Waals surface area (Å²) >= 11 is 6.03. The van der Waals surface area contributed by atoms with Gasteiger partial charge in [0.25, 0.3) is 21.8 Å². The van der Waals surface area contributed by atoms with E-state index in [0.29, 0.717) is 16.5 Å². The summed E-state index contributed by atoms with van der Waals surface area (Å²) in [6, 6.07) is 12.4. The molecule has 0 aliphatic carbocycles. The topological polar surface area (TPSA) is 120 Å². The highest BCUT2D eigenvalue weighted by molar-refractivity contribution is 7.92. The maximum atomic E-state index is 12.6. The Labute approximate surface area is 184 Å². The second-order valence-electron chi connectivity index (χ2n) is 6.22. The number of ether oxygens (including phenoxy) is 2. The van der Waals surface area contributed by atoms with Gasteiger partial charge in [0, 0.05) is 18.1 Å². The van der Waals surface area contributed by atoms with Gasteiger partial charge < -0.3 is 14.8 Å². The normalized spacial score (nSPS) is 12.0. The quantitative estimate of drug-likeness (QED) is 0.526. The third-order valence-electron chi connectivity index (χ3n) is 4.03. The van der Waals surface area contributed by atoms with Gasteiger partial charge in [-0.2, -0.15) is 0 Å². The number of methoxy groups -OCH3 is 1. The molecule has 0 saturated heterocycles. The summed E-state index contributed by atoms with van der Waals surface area (Å²) in [5, 5.41) is 3.06. The molecule has 3 aromatic rings. The van der Waals surface area contributed by atoms with Gasteiger partial charge in [0.05, 0.1) is 17.0 Å². The average molecular weight is 463 g/mol. The van der Waals surface area contributed by atoms with Crippen molar-refractivity contribution in [1.29, 1.82) is 0 Å². The molecule has 2 aromatic carbocycles. The lowest BCUT2D eigenvalue weighted by atomic mass is 10.3. The zero-order valence-electron chi connectivity index (χ0n) is 16.6. The number of carbonyl (C=O) groups is 1. The molecule has 2 N–H and O–H groups in total. The fourth-order valence-corrected chi connectivity index (χ4v) is 3.66. The Bertz CT molecular complexity index is 1170. The molecule has 1 amide bonds. The van der Waals surface area contributed by atoms with Crippen molar-refractivity contribution in [1.82, 2.24) is 9.97 Å². The van der Waals surface area contributed by atoms with Crippen LogP contribution in [0.2, 0.25) is 5.02 Å². The van der Waals surface area contributed by atoms with Gasteiger partial charge in [0.1, 0.15) is 5.75 Å². The summed E-state index contributed by atoms with van der Waals surface area (Å²) in [5.41, 5.74) is 0.399. The van der Waals surface area contributed by atoms with E-state index >= 15 is 0 Å². The van der Waals surface area contributed by atoms with Crippen molar-refractivity contribution in [2.24, 2.45) is 0 Å². The van der Waals surface area contributed by atoms with Gasteiger partial charge in [-0.1, -0.05) is 23.7 Å². The van der Waals surface area contributed by atoms with Crippen molar-refractivity contribution >= 4 is 39.0 Å². The van der Waals surface area contributed by atoms with Gasteiger partial charge in [-0.05, 0) is 43.3 Å². The number of hydrogen-bond acceptors (Lipinski definition) is 7. The van der Waals surface area contributed by atoms with Crippen molar-refractivity contribution in [3.63, 3.8) is 0 Å². The molecule has 1 aromatic heterocycles. The van der Waals surface area contributed by atoms with Gasteiger partial charge in [-0.15, -0.1) is 0 Å². The standard InChI is InChI=1S/C20H19ClN4O5S/c1-13(30-17-6-4-3-5-16(17)21)19(26)24-14-7-9-15(10-8-14)31(27,28)25-18-20(29-2)23-12-11-22-18/h3-13H,1-2H3,(H,22,25)(H,24,26). The molecule has 0 aliphatic rings. The van der Waals surface area contributed by atoms with Crippen molar-refractivity contribution in [2.45, 2.75) is 17.9 Å². The van der Waals surface area contributed by atoms with Crippen LogP contribution in [0.5, 0.6) is 11.6 Å². The predicted octanol–water partition coefficient (Wildman–Crippen LogP) is 3.35. The number of sulfonamides is 1. The van der Waals surface area contributed by atoms with E-state index in [0.717, 1.165) is 0 Å². The smallest absolute Gasteiger partial charge is 0.265 e. The highest BCUT2D eigenvalue weighted by Crippen LogP contribution is 2.25. The third kappa shape index (κ3) is 5.62. The van der Waals surface area contributed by atoms with Crippen LogP contribution in [0.1, 0.15) is 6.92 Å². The second kappa shape index (κ2) is 9.63. The van der Waals surface area contributed by atoms with Gasteiger partial charge in [-0.3, -0.25) is 9.52 Å². The van der Waals surface area contributed by atoms with Crippen molar-refractivity contribution < 1.29 is 22.7 Å². The predicted molar refractivity (Wildman–Crippen MR) is 116 cm³/mol. The van der Waals surface area contributed by atoms with Crippen LogP contribution in [-0.2, 0) is 14.8 Å². The molecule has 11 heteroatoms. The fourth-order valence-electron chi connectivity index (χ4n) is 2.48. The Kier molecular flexibility index (Phi) is 6.93.